The Labute approximate surface area is 111 Å². The topological polar surface area (TPSA) is 42.4 Å². The molecule has 3 nitrogen and oxygen atoms in total. The molecule has 0 fully saturated rings. The van der Waals surface area contributed by atoms with Crippen molar-refractivity contribution in [2.24, 2.45) is 0 Å². The van der Waals surface area contributed by atoms with Gasteiger partial charge in [-0.15, -0.1) is 13.2 Å². The molecule has 16 heavy (non-hydrogen) atoms. The Hall–Kier alpha value is -0.0900. The molecule has 0 aromatic carbocycles. The van der Waals surface area contributed by atoms with Crippen LogP contribution in [0.5, 0.6) is 5.88 Å². The Morgan fingerprint density at radius 1 is 1.50 bits per heavy atom. The summed E-state index contributed by atoms with van der Waals surface area (Å²) < 4.78 is 40.2. The van der Waals surface area contributed by atoms with Crippen LogP contribution >= 0.6 is 38.5 Å². The molecule has 0 bridgehead atoms. The van der Waals surface area contributed by atoms with Crippen LogP contribution in [-0.4, -0.2) is 16.5 Å². The fourth-order valence-corrected chi connectivity index (χ4v) is 2.55. The standard InChI is InChI=1S/C8H6BrF3INO2/c9-2-5-7(13)4(3-15)1-6(14-5)16-8(10,11)12/h1,15H,2-3H2. The second-order valence-corrected chi connectivity index (χ2v) is 4.36. The Morgan fingerprint density at radius 3 is 2.56 bits per heavy atom. The van der Waals surface area contributed by atoms with Gasteiger partial charge in [0.05, 0.1) is 12.3 Å². The number of hydrogen-bond acceptors (Lipinski definition) is 3. The molecule has 0 amide bonds. The monoisotopic (exact) mass is 411 g/mol. The van der Waals surface area contributed by atoms with Gasteiger partial charge in [0.25, 0.3) is 0 Å². The number of pyridine rings is 1. The van der Waals surface area contributed by atoms with Crippen LogP contribution in [0.15, 0.2) is 6.07 Å². The van der Waals surface area contributed by atoms with Crippen LogP contribution in [0.4, 0.5) is 13.2 Å². The van der Waals surface area contributed by atoms with Crippen molar-refractivity contribution in [2.45, 2.75) is 18.3 Å². The van der Waals surface area contributed by atoms with Crippen LogP contribution in [0.3, 0.4) is 0 Å². The third-order valence-corrected chi connectivity index (χ3v) is 3.44. The van der Waals surface area contributed by atoms with E-state index < -0.39 is 12.2 Å². The molecule has 0 aliphatic carbocycles. The highest BCUT2D eigenvalue weighted by Crippen LogP contribution is 2.26. The first kappa shape index (κ1) is 14.0. The number of ether oxygens (including phenoxy) is 1. The van der Waals surface area contributed by atoms with Crippen molar-refractivity contribution in [3.05, 3.63) is 20.9 Å². The van der Waals surface area contributed by atoms with Crippen molar-refractivity contribution >= 4 is 38.5 Å². The van der Waals surface area contributed by atoms with E-state index in [1.807, 2.05) is 22.6 Å². The Bertz CT molecular complexity index is 361. The second kappa shape index (κ2) is 5.50. The highest BCUT2D eigenvalue weighted by Gasteiger charge is 2.32. The van der Waals surface area contributed by atoms with E-state index in [1.165, 1.54) is 0 Å². The number of halogens is 5. The van der Waals surface area contributed by atoms with E-state index in [1.54, 1.807) is 0 Å². The lowest BCUT2D eigenvalue weighted by Crippen LogP contribution is -2.18. The van der Waals surface area contributed by atoms with Gasteiger partial charge in [-0.3, -0.25) is 0 Å². The van der Waals surface area contributed by atoms with Gasteiger partial charge in [0.2, 0.25) is 5.88 Å². The van der Waals surface area contributed by atoms with Crippen LogP contribution < -0.4 is 4.74 Å². The van der Waals surface area contributed by atoms with Crippen LogP contribution in [0.25, 0.3) is 0 Å². The second-order valence-electron chi connectivity index (χ2n) is 2.72. The average molecular weight is 412 g/mol. The van der Waals surface area contributed by atoms with Gasteiger partial charge in [0, 0.05) is 15.0 Å². The number of hydrogen-bond donors (Lipinski definition) is 1. The van der Waals surface area contributed by atoms with Crippen molar-refractivity contribution in [1.29, 1.82) is 0 Å². The van der Waals surface area contributed by atoms with Crippen molar-refractivity contribution in [2.75, 3.05) is 0 Å². The van der Waals surface area contributed by atoms with Gasteiger partial charge in [-0.2, -0.15) is 0 Å². The molecule has 1 aromatic heterocycles. The summed E-state index contributed by atoms with van der Waals surface area (Å²) in [5.74, 6) is -0.564. The van der Waals surface area contributed by atoms with E-state index in [0.717, 1.165) is 6.07 Å². The average Bonchev–Trinajstić information content (AvgIpc) is 2.18. The molecular formula is C8H6BrF3INO2. The van der Waals surface area contributed by atoms with Crippen molar-refractivity contribution in [3.63, 3.8) is 0 Å². The third kappa shape index (κ3) is 3.74. The Balaban J connectivity index is 3.12. The molecule has 0 aliphatic heterocycles. The van der Waals surface area contributed by atoms with Gasteiger partial charge in [-0.05, 0) is 28.2 Å². The zero-order chi connectivity index (χ0) is 12.3. The van der Waals surface area contributed by atoms with E-state index in [2.05, 4.69) is 25.7 Å². The fourth-order valence-electron chi connectivity index (χ4n) is 0.987. The van der Waals surface area contributed by atoms with Gasteiger partial charge in [-0.25, -0.2) is 4.98 Å². The van der Waals surface area contributed by atoms with Gasteiger partial charge < -0.3 is 9.84 Å². The maximum Gasteiger partial charge on any atom is 0.574 e. The highest BCUT2D eigenvalue weighted by atomic mass is 127. The lowest BCUT2D eigenvalue weighted by atomic mass is 10.2. The minimum Gasteiger partial charge on any atom is -0.392 e. The summed E-state index contributed by atoms with van der Waals surface area (Å²) in [7, 11) is 0. The molecule has 0 atom stereocenters. The van der Waals surface area contributed by atoms with Gasteiger partial charge in [-0.1, -0.05) is 15.9 Å². The molecule has 1 heterocycles. The smallest absolute Gasteiger partial charge is 0.392 e. The maximum atomic E-state index is 12.0. The lowest BCUT2D eigenvalue weighted by molar-refractivity contribution is -0.276. The molecule has 0 saturated heterocycles. The molecule has 0 radical (unpaired) electrons. The largest absolute Gasteiger partial charge is 0.574 e. The summed E-state index contributed by atoms with van der Waals surface area (Å²) in [6.45, 7) is -0.366. The maximum absolute atomic E-state index is 12.0. The zero-order valence-electron chi connectivity index (χ0n) is 7.68. The van der Waals surface area contributed by atoms with Crippen molar-refractivity contribution < 1.29 is 23.0 Å². The molecule has 0 saturated carbocycles. The number of aromatic nitrogens is 1. The first-order valence-electron chi connectivity index (χ1n) is 3.98. The molecule has 8 heteroatoms. The van der Waals surface area contributed by atoms with Crippen LogP contribution in [0.2, 0.25) is 0 Å². The van der Waals surface area contributed by atoms with E-state index >= 15 is 0 Å². The molecule has 90 valence electrons. The predicted octanol–water partition coefficient (Wildman–Crippen LogP) is 2.97. The molecule has 1 aromatic rings. The highest BCUT2D eigenvalue weighted by molar-refractivity contribution is 14.1. The first-order valence-corrected chi connectivity index (χ1v) is 6.18. The third-order valence-electron chi connectivity index (χ3n) is 1.60. The number of aliphatic hydroxyl groups is 1. The Morgan fingerprint density at radius 2 is 2.12 bits per heavy atom. The summed E-state index contributed by atoms with van der Waals surface area (Å²) in [5, 5.41) is 9.26. The number of nitrogens with zero attached hydrogens (tertiary/aromatic N) is 1. The quantitative estimate of drug-likeness (QED) is 0.614. The molecule has 0 aliphatic rings. The van der Waals surface area contributed by atoms with Crippen LogP contribution in [0.1, 0.15) is 11.3 Å². The number of aliphatic hydroxyl groups excluding tert-OH is 1. The summed E-state index contributed by atoms with van der Waals surface area (Å²) >= 11 is 5.01. The molecule has 0 spiro atoms. The van der Waals surface area contributed by atoms with Crippen LogP contribution in [0, 0.1) is 3.57 Å². The van der Waals surface area contributed by atoms with Gasteiger partial charge in [0.15, 0.2) is 0 Å². The van der Waals surface area contributed by atoms with E-state index in [9.17, 15) is 13.2 Å². The SMILES string of the molecule is OCc1cc(OC(F)(F)F)nc(CBr)c1I. The van der Waals surface area contributed by atoms with Crippen LogP contribution in [-0.2, 0) is 11.9 Å². The molecule has 1 N–H and O–H groups in total. The lowest BCUT2D eigenvalue weighted by Gasteiger charge is -2.11. The molecule has 1 rings (SSSR count). The Kier molecular flexibility index (Phi) is 4.80. The first-order chi connectivity index (χ1) is 7.37. The number of alkyl halides is 4. The zero-order valence-corrected chi connectivity index (χ0v) is 11.4. The van der Waals surface area contributed by atoms with E-state index in [-0.39, 0.29) is 11.9 Å². The summed E-state index contributed by atoms with van der Waals surface area (Å²) in [6, 6.07) is 1.07. The van der Waals surface area contributed by atoms with E-state index in [0.29, 0.717) is 14.8 Å². The van der Waals surface area contributed by atoms with Crippen molar-refractivity contribution in [3.8, 4) is 5.88 Å². The summed E-state index contributed by atoms with van der Waals surface area (Å²) in [4.78, 5) is 3.68. The molecule has 0 unspecified atom stereocenters. The van der Waals surface area contributed by atoms with Gasteiger partial charge >= 0.3 is 6.36 Å². The minimum atomic E-state index is -4.78. The normalized spacial score (nSPS) is 11.6. The predicted molar refractivity (Wildman–Crippen MR) is 62.2 cm³/mol. The number of rotatable bonds is 3. The summed E-state index contributed by atoms with van der Waals surface area (Å²) in [5.41, 5.74) is 0.746. The molecular weight excluding hydrogens is 406 g/mol. The fraction of sp³-hybridized carbons (Fsp3) is 0.375. The van der Waals surface area contributed by atoms with Gasteiger partial charge in [0.1, 0.15) is 0 Å². The van der Waals surface area contributed by atoms with Crippen molar-refractivity contribution in [1.82, 2.24) is 4.98 Å². The summed E-state index contributed by atoms with van der Waals surface area (Å²) in [6.07, 6.45) is -4.78. The minimum absolute atomic E-state index is 0.285. The van der Waals surface area contributed by atoms with E-state index in [4.69, 9.17) is 5.11 Å².